The molecule has 0 aromatic rings. The molecule has 0 aliphatic rings. The average Bonchev–Trinajstić information content (AvgIpc) is 1.84. The van der Waals surface area contributed by atoms with Crippen LogP contribution in [0.5, 0.6) is 0 Å². The van der Waals surface area contributed by atoms with Crippen LogP contribution in [0.15, 0.2) is 0 Å². The molecule has 0 aliphatic carbocycles. The van der Waals surface area contributed by atoms with E-state index in [9.17, 15) is 9.59 Å². The molecule has 0 aliphatic heterocycles. The van der Waals surface area contributed by atoms with Gasteiger partial charge >= 0.3 is 63.3 Å². The number of carboxylic acid groups (broad SMARTS) is 2. The minimum atomic E-state index is -2.27. The van der Waals surface area contributed by atoms with Crippen molar-refractivity contribution in [2.45, 2.75) is 12.2 Å². The van der Waals surface area contributed by atoms with Crippen molar-refractivity contribution < 1.29 is 99.3 Å². The van der Waals surface area contributed by atoms with Crippen molar-refractivity contribution in [2.75, 3.05) is 0 Å². The Kier molecular flexibility index (Phi) is 28.0. The van der Waals surface area contributed by atoms with E-state index >= 15 is 0 Å². The molecular formula is C4H13KO9. The van der Waals surface area contributed by atoms with Crippen LogP contribution in [-0.4, -0.2) is 61.0 Å². The summed E-state index contributed by atoms with van der Waals surface area (Å²) in [4.78, 5) is 19.5. The van der Waals surface area contributed by atoms with Gasteiger partial charge in [0.1, 0.15) is 0 Å². The monoisotopic (exact) mass is 244 g/mol. The zero-order valence-electron chi connectivity index (χ0n) is 8.26. The van der Waals surface area contributed by atoms with Crippen LogP contribution < -0.4 is 51.4 Å². The van der Waals surface area contributed by atoms with Gasteiger partial charge in [-0.3, -0.25) is 0 Å². The average molecular weight is 244 g/mol. The molecule has 0 bridgehead atoms. The zero-order valence-corrected chi connectivity index (χ0v) is 10.4. The fourth-order valence-corrected chi connectivity index (χ4v) is 0.270. The molecule has 2 atom stereocenters. The van der Waals surface area contributed by atoms with Gasteiger partial charge in [-0.2, -0.15) is 0 Å². The number of rotatable bonds is 3. The third-order valence-electron chi connectivity index (χ3n) is 0.805. The molecule has 0 amide bonds. The molecule has 14 heavy (non-hydrogen) atoms. The molecule has 0 saturated heterocycles. The summed E-state index contributed by atoms with van der Waals surface area (Å²) < 4.78 is 0. The van der Waals surface area contributed by atoms with Gasteiger partial charge in [0.15, 0.2) is 12.2 Å². The quantitative estimate of drug-likeness (QED) is 0.354. The first-order valence-electron chi connectivity index (χ1n) is 2.28. The van der Waals surface area contributed by atoms with Crippen LogP contribution in [0.1, 0.15) is 1.43 Å². The van der Waals surface area contributed by atoms with Crippen molar-refractivity contribution in [3.8, 4) is 0 Å². The van der Waals surface area contributed by atoms with Crippen LogP contribution in [0, 0.1) is 0 Å². The Morgan fingerprint density at radius 3 is 1.07 bits per heavy atom. The molecule has 0 aromatic heterocycles. The van der Waals surface area contributed by atoms with Crippen molar-refractivity contribution in [1.82, 2.24) is 0 Å². The van der Waals surface area contributed by atoms with Gasteiger partial charge in [-0.05, 0) is 0 Å². The van der Waals surface area contributed by atoms with E-state index in [0.717, 1.165) is 0 Å². The number of hydrogen-bond acceptors (Lipinski definition) is 4. The van der Waals surface area contributed by atoms with Gasteiger partial charge < -0.3 is 38.3 Å². The van der Waals surface area contributed by atoms with Gasteiger partial charge in [0.2, 0.25) is 0 Å². The Balaban J connectivity index is -0.0000000405. The fraction of sp³-hybridized carbons (Fsp3) is 0.500. The van der Waals surface area contributed by atoms with E-state index in [1.165, 1.54) is 0 Å². The molecule has 9 nitrogen and oxygen atoms in total. The molecule has 84 valence electrons. The summed E-state index contributed by atoms with van der Waals surface area (Å²) >= 11 is 0. The molecule has 0 heterocycles. The van der Waals surface area contributed by atoms with Gasteiger partial charge in [-0.15, -0.1) is 0 Å². The molecule has 10 N–H and O–H groups in total. The Morgan fingerprint density at radius 1 is 0.857 bits per heavy atom. The smallest absolute Gasteiger partial charge is 1.00 e. The second-order valence-corrected chi connectivity index (χ2v) is 1.57. The van der Waals surface area contributed by atoms with Crippen LogP contribution in [0.25, 0.3) is 0 Å². The summed E-state index contributed by atoms with van der Waals surface area (Å²) in [5.41, 5.74) is 0. The second kappa shape index (κ2) is 13.4. The summed E-state index contributed by atoms with van der Waals surface area (Å²) in [6.07, 6.45) is -4.53. The Hall–Kier alpha value is 0.376. The predicted molar refractivity (Wildman–Crippen MR) is 39.2 cm³/mol. The van der Waals surface area contributed by atoms with Gasteiger partial charge in [-0.25, -0.2) is 9.59 Å². The maximum Gasteiger partial charge on any atom is 1.00 e. The molecule has 10 heteroatoms. The van der Waals surface area contributed by atoms with Crippen molar-refractivity contribution in [1.29, 1.82) is 0 Å². The summed E-state index contributed by atoms with van der Waals surface area (Å²) in [5, 5.41) is 32.5. The number of aliphatic hydroxyl groups is 2. The summed E-state index contributed by atoms with van der Waals surface area (Å²) in [6, 6.07) is 0. The van der Waals surface area contributed by atoms with Crippen LogP contribution in [0.4, 0.5) is 0 Å². The Labute approximate surface area is 122 Å². The fourth-order valence-electron chi connectivity index (χ4n) is 0.270. The molecule has 0 rings (SSSR count). The molecule has 0 saturated carbocycles. The normalized spacial score (nSPS) is 11.3. The van der Waals surface area contributed by atoms with Crippen molar-refractivity contribution in [3.63, 3.8) is 0 Å². The first-order valence-corrected chi connectivity index (χ1v) is 2.28. The summed E-state index contributed by atoms with van der Waals surface area (Å²) in [7, 11) is 0. The zero-order chi connectivity index (χ0) is 8.31. The van der Waals surface area contributed by atoms with Crippen LogP contribution in [-0.2, 0) is 9.59 Å². The summed E-state index contributed by atoms with van der Waals surface area (Å²) in [6.45, 7) is 0. The minimum Gasteiger partial charge on any atom is -1.00 e. The first kappa shape index (κ1) is 29.3. The third kappa shape index (κ3) is 10.5. The van der Waals surface area contributed by atoms with Crippen LogP contribution in [0.3, 0.4) is 0 Å². The second-order valence-electron chi connectivity index (χ2n) is 1.57. The van der Waals surface area contributed by atoms with Gasteiger partial charge in [-0.1, -0.05) is 0 Å². The number of carboxylic acids is 2. The number of aliphatic carboxylic acids is 2. The van der Waals surface area contributed by atoms with Gasteiger partial charge in [0, 0.05) is 0 Å². The van der Waals surface area contributed by atoms with E-state index in [4.69, 9.17) is 20.4 Å². The van der Waals surface area contributed by atoms with Gasteiger partial charge in [0.25, 0.3) is 0 Å². The van der Waals surface area contributed by atoms with Crippen LogP contribution >= 0.6 is 0 Å². The number of aliphatic hydroxyl groups excluding tert-OH is 2. The van der Waals surface area contributed by atoms with E-state index in [0.29, 0.717) is 0 Å². The maximum absolute atomic E-state index is 9.77. The molecule has 0 radical (unpaired) electrons. The van der Waals surface area contributed by atoms with E-state index in [2.05, 4.69) is 0 Å². The van der Waals surface area contributed by atoms with Crippen LogP contribution in [0.2, 0.25) is 0 Å². The SMILES string of the molecule is O.O.O.O=C(O)C(O)C(O)C(=O)O.[H-].[K+]. The predicted octanol–water partition coefficient (Wildman–Crippen LogP) is -7.48. The maximum atomic E-state index is 9.77. The Morgan fingerprint density at radius 2 is 1.00 bits per heavy atom. The van der Waals surface area contributed by atoms with Crippen molar-refractivity contribution in [3.05, 3.63) is 0 Å². The molecule has 2 unspecified atom stereocenters. The molecule has 0 fully saturated rings. The standard InChI is InChI=1S/C4H6O6.K.3H2O.H/c5-1(3(7)8)2(6)4(9)10;;;;;/h1-2,5-6H,(H,7,8)(H,9,10);;3*1H2;/q;+1;;;;-1. The van der Waals surface area contributed by atoms with E-state index in [1.807, 2.05) is 0 Å². The van der Waals surface area contributed by atoms with E-state index in [-0.39, 0.29) is 69.2 Å². The van der Waals surface area contributed by atoms with Crippen molar-refractivity contribution >= 4 is 11.9 Å². The largest absolute Gasteiger partial charge is 1.00 e. The number of carbonyl (C=O) groups is 2. The summed E-state index contributed by atoms with van der Waals surface area (Å²) in [5.74, 6) is -3.54. The van der Waals surface area contributed by atoms with Crippen molar-refractivity contribution in [2.24, 2.45) is 0 Å². The Bertz CT molecular complexity index is 146. The molecule has 0 aromatic carbocycles. The third-order valence-corrected chi connectivity index (χ3v) is 0.805. The first-order chi connectivity index (χ1) is 4.46. The molecular weight excluding hydrogens is 231 g/mol. The van der Waals surface area contributed by atoms with Gasteiger partial charge in [0.05, 0.1) is 0 Å². The van der Waals surface area contributed by atoms with E-state index < -0.39 is 24.1 Å². The minimum absolute atomic E-state index is 0. The number of hydrogen-bond donors (Lipinski definition) is 4. The molecule has 0 spiro atoms. The van der Waals surface area contributed by atoms with E-state index in [1.54, 1.807) is 0 Å². The topological polar surface area (TPSA) is 210 Å².